The fourth-order valence-electron chi connectivity index (χ4n) is 4.38. The topological polar surface area (TPSA) is 36.9 Å². The van der Waals surface area contributed by atoms with Crippen LogP contribution in [0.3, 0.4) is 0 Å². The van der Waals surface area contributed by atoms with Crippen LogP contribution in [0.2, 0.25) is 12.1 Å². The second-order valence-corrected chi connectivity index (χ2v) is 10.7. The van der Waals surface area contributed by atoms with Crippen molar-refractivity contribution in [3.05, 3.63) is 0 Å². The molecule has 6 heteroatoms. The van der Waals surface area contributed by atoms with Crippen molar-refractivity contribution in [3.63, 3.8) is 0 Å². The third kappa shape index (κ3) is 3.90. The first kappa shape index (κ1) is 20.7. The van der Waals surface area contributed by atoms with Crippen molar-refractivity contribution in [2.45, 2.75) is 122 Å². The first-order valence-electron chi connectivity index (χ1n) is 10.5. The number of hydrogen-bond acceptors (Lipinski definition) is 4. The highest BCUT2D eigenvalue weighted by Crippen LogP contribution is 2.47. The summed E-state index contributed by atoms with van der Waals surface area (Å²) in [4.78, 5) is 0. The van der Waals surface area contributed by atoms with E-state index in [2.05, 4.69) is 55.4 Å². The van der Waals surface area contributed by atoms with Crippen LogP contribution in [0.5, 0.6) is 0 Å². The molecule has 0 N–H and O–H groups in total. The van der Waals surface area contributed by atoms with Crippen molar-refractivity contribution in [2.24, 2.45) is 5.92 Å². The fourth-order valence-corrected chi connectivity index (χ4v) is 4.38. The van der Waals surface area contributed by atoms with Crippen LogP contribution in [0, 0.1) is 5.92 Å². The van der Waals surface area contributed by atoms with E-state index >= 15 is 0 Å². The minimum absolute atomic E-state index is 0.181. The van der Waals surface area contributed by atoms with E-state index in [0.717, 1.165) is 18.7 Å². The summed E-state index contributed by atoms with van der Waals surface area (Å²) in [5, 5.41) is 0. The van der Waals surface area contributed by atoms with Gasteiger partial charge in [0, 0.05) is 0 Å². The minimum atomic E-state index is -0.290. The Hall–Kier alpha value is -0.0301. The molecule has 0 aromatic carbocycles. The molecule has 26 heavy (non-hydrogen) atoms. The summed E-state index contributed by atoms with van der Waals surface area (Å²) >= 11 is 0. The van der Waals surface area contributed by atoms with Crippen LogP contribution in [0.4, 0.5) is 0 Å². The van der Waals surface area contributed by atoms with Crippen molar-refractivity contribution in [1.29, 1.82) is 0 Å². The van der Waals surface area contributed by atoms with Gasteiger partial charge in [0.15, 0.2) is 0 Å². The van der Waals surface area contributed by atoms with Crippen molar-refractivity contribution in [2.75, 3.05) is 0 Å². The Morgan fingerprint density at radius 2 is 1.15 bits per heavy atom. The van der Waals surface area contributed by atoms with Gasteiger partial charge in [-0.25, -0.2) is 0 Å². The summed E-state index contributed by atoms with van der Waals surface area (Å²) in [7, 11) is -0.370. The second-order valence-electron chi connectivity index (χ2n) is 10.7. The normalized spacial score (nSPS) is 30.9. The lowest BCUT2D eigenvalue weighted by molar-refractivity contribution is 0.00578. The molecule has 2 aliphatic heterocycles. The summed E-state index contributed by atoms with van der Waals surface area (Å²) in [5.41, 5.74) is -1.15. The highest BCUT2D eigenvalue weighted by molar-refractivity contribution is 6.53. The van der Waals surface area contributed by atoms with E-state index in [-0.39, 0.29) is 36.6 Å². The van der Waals surface area contributed by atoms with Crippen molar-refractivity contribution < 1.29 is 18.6 Å². The van der Waals surface area contributed by atoms with E-state index in [0.29, 0.717) is 5.82 Å². The van der Waals surface area contributed by atoms with Crippen molar-refractivity contribution in [3.8, 4) is 0 Å². The Balaban J connectivity index is 1.72. The molecule has 1 atom stereocenters. The largest absolute Gasteiger partial charge is 0.460 e. The van der Waals surface area contributed by atoms with Gasteiger partial charge in [0.25, 0.3) is 0 Å². The van der Waals surface area contributed by atoms with Gasteiger partial charge in [-0.15, -0.1) is 0 Å². The van der Waals surface area contributed by atoms with E-state index < -0.39 is 0 Å². The Labute approximate surface area is 161 Å². The molecule has 2 heterocycles. The third-order valence-electron chi connectivity index (χ3n) is 7.56. The van der Waals surface area contributed by atoms with Gasteiger partial charge in [-0.05, 0) is 79.9 Å². The molecule has 0 radical (unpaired) electrons. The van der Waals surface area contributed by atoms with Crippen LogP contribution in [-0.4, -0.2) is 36.6 Å². The van der Waals surface area contributed by atoms with Crippen LogP contribution in [0.15, 0.2) is 0 Å². The van der Waals surface area contributed by atoms with E-state index in [9.17, 15) is 0 Å². The second kappa shape index (κ2) is 6.79. The molecule has 1 aliphatic carbocycles. The maximum atomic E-state index is 6.42. The molecular weight excluding hydrogens is 326 g/mol. The standard InChI is InChI=1S/C20H38B2O4/c1-17(2)18(3,4)24-21(23-17)14-16(13-15-11-9-10-12-15)22-25-19(5,6)20(7,8)26-22/h15-16H,9-14H2,1-8H3/t16-/m0/s1. The summed E-state index contributed by atoms with van der Waals surface area (Å²) in [6.07, 6.45) is 7.36. The smallest absolute Gasteiger partial charge is 0.403 e. The van der Waals surface area contributed by atoms with E-state index in [4.69, 9.17) is 18.6 Å². The molecule has 0 aromatic heterocycles. The first-order chi connectivity index (χ1) is 11.8. The molecule has 0 unspecified atom stereocenters. The Morgan fingerprint density at radius 1 is 0.731 bits per heavy atom. The van der Waals surface area contributed by atoms with Crippen LogP contribution >= 0.6 is 0 Å². The average molecular weight is 364 g/mol. The van der Waals surface area contributed by atoms with Gasteiger partial charge in [0.05, 0.1) is 22.4 Å². The summed E-state index contributed by atoms with van der Waals surface area (Å²) in [5.74, 6) is 1.08. The lowest BCUT2D eigenvalue weighted by Crippen LogP contribution is -2.41. The minimum Gasteiger partial charge on any atom is -0.403 e. The quantitative estimate of drug-likeness (QED) is 0.635. The lowest BCUT2D eigenvalue weighted by atomic mass is 9.58. The van der Waals surface area contributed by atoms with Gasteiger partial charge in [-0.1, -0.05) is 25.7 Å². The molecule has 3 rings (SSSR count). The molecule has 1 saturated carbocycles. The zero-order valence-electron chi connectivity index (χ0n) is 18.2. The van der Waals surface area contributed by atoms with Gasteiger partial charge in [-0.3, -0.25) is 0 Å². The number of rotatable bonds is 5. The molecule has 148 valence electrons. The van der Waals surface area contributed by atoms with Gasteiger partial charge in [0.1, 0.15) is 0 Å². The van der Waals surface area contributed by atoms with Crippen LogP contribution in [0.1, 0.15) is 87.5 Å². The predicted molar refractivity (Wildman–Crippen MR) is 107 cm³/mol. The van der Waals surface area contributed by atoms with E-state index in [1.165, 1.54) is 25.7 Å². The zero-order valence-corrected chi connectivity index (χ0v) is 18.2. The van der Waals surface area contributed by atoms with Crippen LogP contribution in [0.25, 0.3) is 0 Å². The molecule has 4 nitrogen and oxygen atoms in total. The monoisotopic (exact) mass is 364 g/mol. The Bertz CT molecular complexity index is 480. The van der Waals surface area contributed by atoms with Gasteiger partial charge >= 0.3 is 14.2 Å². The average Bonchev–Trinajstić information content (AvgIpc) is 3.08. The van der Waals surface area contributed by atoms with Crippen LogP contribution in [-0.2, 0) is 18.6 Å². The maximum absolute atomic E-state index is 6.42. The molecule has 0 bridgehead atoms. The van der Waals surface area contributed by atoms with Gasteiger partial charge < -0.3 is 18.6 Å². The predicted octanol–water partition coefficient (Wildman–Crippen LogP) is 5.12. The number of hydrogen-bond donors (Lipinski definition) is 0. The third-order valence-corrected chi connectivity index (χ3v) is 7.56. The molecule has 0 spiro atoms. The van der Waals surface area contributed by atoms with Gasteiger partial charge in [-0.2, -0.15) is 0 Å². The molecule has 3 fully saturated rings. The summed E-state index contributed by atoms with van der Waals surface area (Å²) in [6, 6.07) is 0. The van der Waals surface area contributed by atoms with Gasteiger partial charge in [0.2, 0.25) is 0 Å². The Kier molecular flexibility index (Phi) is 5.40. The highest BCUT2D eigenvalue weighted by Gasteiger charge is 2.57. The lowest BCUT2D eigenvalue weighted by Gasteiger charge is -2.32. The molecule has 3 aliphatic rings. The SMILES string of the molecule is CC1(C)OB(C[C@H](CC2CCCC2)B2OC(C)(C)C(C)(C)O2)OC1(C)C. The van der Waals surface area contributed by atoms with Crippen molar-refractivity contribution >= 4 is 14.2 Å². The van der Waals surface area contributed by atoms with E-state index in [1.807, 2.05) is 0 Å². The van der Waals surface area contributed by atoms with E-state index in [1.54, 1.807) is 0 Å². The molecular formula is C20H38B2O4. The maximum Gasteiger partial charge on any atom is 0.460 e. The molecule has 0 amide bonds. The van der Waals surface area contributed by atoms with Crippen molar-refractivity contribution in [1.82, 2.24) is 0 Å². The summed E-state index contributed by atoms with van der Waals surface area (Å²) in [6.45, 7) is 17.0. The first-order valence-corrected chi connectivity index (χ1v) is 10.5. The fraction of sp³-hybridized carbons (Fsp3) is 1.00. The highest BCUT2D eigenvalue weighted by atomic mass is 16.7. The summed E-state index contributed by atoms with van der Waals surface area (Å²) < 4.78 is 25.4. The van der Waals surface area contributed by atoms with Crippen LogP contribution < -0.4 is 0 Å². The zero-order chi connectivity index (χ0) is 19.4. The molecule has 0 aromatic rings. The Morgan fingerprint density at radius 3 is 1.62 bits per heavy atom. The molecule has 2 saturated heterocycles.